The number of fused-ring (bicyclic) bond motifs is 1. The highest BCUT2D eigenvalue weighted by atomic mass is 32.2. The Morgan fingerprint density at radius 1 is 1.16 bits per heavy atom. The second kappa shape index (κ2) is 9.44. The minimum Gasteiger partial charge on any atom is -0.481 e. The lowest BCUT2D eigenvalue weighted by molar-refractivity contribution is -0.142. The van der Waals surface area contributed by atoms with Crippen molar-refractivity contribution in [3.8, 4) is 11.8 Å². The van der Waals surface area contributed by atoms with Crippen LogP contribution in [0.2, 0.25) is 0 Å². The quantitative estimate of drug-likeness (QED) is 0.575. The monoisotopic (exact) mass is 436 g/mol. The fourth-order valence-corrected chi connectivity index (χ4v) is 6.06. The van der Waals surface area contributed by atoms with E-state index >= 15 is 0 Å². The molecule has 31 heavy (non-hydrogen) atoms. The maximum absolute atomic E-state index is 11.1. The van der Waals surface area contributed by atoms with Crippen LogP contribution in [0.15, 0.2) is 35.2 Å². The first kappa shape index (κ1) is 23.3. The molecule has 1 aromatic heterocycles. The molecule has 1 unspecified atom stereocenters. The van der Waals surface area contributed by atoms with E-state index in [4.69, 9.17) is 5.11 Å². The van der Waals surface area contributed by atoms with Gasteiger partial charge in [-0.05, 0) is 79.3 Å². The molecule has 3 rings (SSSR count). The molecule has 1 N–H and O–H groups in total. The topological polar surface area (TPSA) is 63.1 Å². The van der Waals surface area contributed by atoms with Crippen LogP contribution in [0.1, 0.15) is 82.8 Å². The van der Waals surface area contributed by atoms with Crippen LogP contribution < -0.4 is 0 Å². The molecule has 5 heteroatoms. The Morgan fingerprint density at radius 2 is 1.94 bits per heavy atom. The highest BCUT2D eigenvalue weighted by Crippen LogP contribution is 2.50. The molecule has 0 saturated carbocycles. The molecule has 0 aliphatic carbocycles. The maximum Gasteiger partial charge on any atom is 0.306 e. The van der Waals surface area contributed by atoms with Crippen LogP contribution in [-0.2, 0) is 16.6 Å². The highest BCUT2D eigenvalue weighted by molar-refractivity contribution is 8.00. The third-order valence-corrected chi connectivity index (χ3v) is 7.12. The number of benzene rings is 1. The van der Waals surface area contributed by atoms with Gasteiger partial charge in [0.2, 0.25) is 0 Å². The molecule has 164 valence electrons. The Labute approximate surface area is 190 Å². The minimum atomic E-state index is -0.716. The van der Waals surface area contributed by atoms with Gasteiger partial charge in [0.1, 0.15) is 5.69 Å². The number of carboxylic acids is 1. The number of hydrogen-bond acceptors (Lipinski definition) is 4. The van der Waals surface area contributed by atoms with Gasteiger partial charge in [-0.2, -0.15) is 5.10 Å². The van der Waals surface area contributed by atoms with Gasteiger partial charge in [0.25, 0.3) is 0 Å². The molecule has 4 nitrogen and oxygen atoms in total. The first-order chi connectivity index (χ1) is 14.6. The van der Waals surface area contributed by atoms with Gasteiger partial charge in [0, 0.05) is 15.2 Å². The summed E-state index contributed by atoms with van der Waals surface area (Å²) in [5.41, 5.74) is 4.02. The van der Waals surface area contributed by atoms with Crippen LogP contribution in [0.3, 0.4) is 0 Å². The van der Waals surface area contributed by atoms with Gasteiger partial charge in [-0.25, -0.2) is 0 Å². The SMILES string of the molecule is CCC(CCCc1ccc(C#Cc2ccc3c(c2)C(C)(C)CC(C)(C)S3)nn1)C(=O)O. The minimum absolute atomic E-state index is 0.126. The van der Waals surface area contributed by atoms with Crippen molar-refractivity contribution in [1.29, 1.82) is 0 Å². The van der Waals surface area contributed by atoms with Crippen LogP contribution in [0.5, 0.6) is 0 Å². The van der Waals surface area contributed by atoms with Gasteiger partial charge in [-0.1, -0.05) is 40.5 Å². The van der Waals surface area contributed by atoms with Gasteiger partial charge < -0.3 is 5.11 Å². The van der Waals surface area contributed by atoms with Gasteiger partial charge in [0.15, 0.2) is 0 Å². The third-order valence-electron chi connectivity index (χ3n) is 5.84. The molecule has 2 heterocycles. The summed E-state index contributed by atoms with van der Waals surface area (Å²) in [6.07, 6.45) is 3.99. The summed E-state index contributed by atoms with van der Waals surface area (Å²) in [6.45, 7) is 11.2. The van der Waals surface area contributed by atoms with Crippen molar-refractivity contribution >= 4 is 17.7 Å². The maximum atomic E-state index is 11.1. The number of aromatic nitrogens is 2. The zero-order valence-corrected chi connectivity index (χ0v) is 20.0. The number of rotatable bonds is 6. The molecule has 0 spiro atoms. The third kappa shape index (κ3) is 6.11. The van der Waals surface area contributed by atoms with E-state index in [-0.39, 0.29) is 16.1 Å². The summed E-state index contributed by atoms with van der Waals surface area (Å²) in [6, 6.07) is 10.3. The van der Waals surface area contributed by atoms with E-state index in [0.717, 1.165) is 30.5 Å². The molecule has 1 aromatic carbocycles. The molecule has 2 aromatic rings. The first-order valence-electron chi connectivity index (χ1n) is 11.0. The van der Waals surface area contributed by atoms with Crippen LogP contribution >= 0.6 is 11.8 Å². The van der Waals surface area contributed by atoms with Crippen molar-refractivity contribution in [3.05, 3.63) is 52.8 Å². The molecule has 0 radical (unpaired) electrons. The predicted octanol–water partition coefficient (Wildman–Crippen LogP) is 5.86. The van der Waals surface area contributed by atoms with Gasteiger partial charge >= 0.3 is 5.97 Å². The second-order valence-electron chi connectivity index (χ2n) is 9.63. The van der Waals surface area contributed by atoms with Crippen molar-refractivity contribution in [2.24, 2.45) is 5.92 Å². The first-order valence-corrected chi connectivity index (χ1v) is 11.8. The molecular formula is C26H32N2O2S. The summed E-state index contributed by atoms with van der Waals surface area (Å²) < 4.78 is 0.242. The molecular weight excluding hydrogens is 404 g/mol. The summed E-state index contributed by atoms with van der Waals surface area (Å²) >= 11 is 1.95. The lowest BCUT2D eigenvalue weighted by atomic mass is 9.76. The van der Waals surface area contributed by atoms with E-state index in [1.807, 2.05) is 30.8 Å². The van der Waals surface area contributed by atoms with Gasteiger partial charge in [0.05, 0.1) is 11.6 Å². The molecule has 1 aliphatic heterocycles. The van der Waals surface area contributed by atoms with Crippen molar-refractivity contribution in [3.63, 3.8) is 0 Å². The number of nitrogens with zero attached hydrogens (tertiary/aromatic N) is 2. The smallest absolute Gasteiger partial charge is 0.306 e. The normalized spacial score (nSPS) is 17.2. The lowest BCUT2D eigenvalue weighted by Gasteiger charge is -2.41. The largest absolute Gasteiger partial charge is 0.481 e. The zero-order valence-electron chi connectivity index (χ0n) is 19.2. The molecule has 1 atom stereocenters. The van der Waals surface area contributed by atoms with Crippen molar-refractivity contribution < 1.29 is 9.90 Å². The second-order valence-corrected chi connectivity index (χ2v) is 11.4. The Hall–Kier alpha value is -2.32. The lowest BCUT2D eigenvalue weighted by Crippen LogP contribution is -2.33. The number of aliphatic carboxylic acids is 1. The zero-order chi connectivity index (χ0) is 22.6. The Balaban J connectivity index is 1.66. The van der Waals surface area contributed by atoms with Crippen LogP contribution in [0.4, 0.5) is 0 Å². The van der Waals surface area contributed by atoms with E-state index < -0.39 is 5.97 Å². The standard InChI is InChI=1S/C26H32N2O2S/c1-6-19(24(29)30)8-7-9-20-13-14-21(28-27-20)12-10-18-11-15-23-22(16-18)25(2,3)17-26(4,5)31-23/h11,13-16,19H,6-9,17H2,1-5H3,(H,29,30). The molecule has 1 aliphatic rings. The van der Waals surface area contributed by atoms with Crippen LogP contribution in [-0.4, -0.2) is 26.0 Å². The Morgan fingerprint density at radius 3 is 2.58 bits per heavy atom. The average molecular weight is 437 g/mol. The van der Waals surface area contributed by atoms with E-state index in [1.54, 1.807) is 0 Å². The molecule has 0 saturated heterocycles. The van der Waals surface area contributed by atoms with Gasteiger partial charge in [-0.15, -0.1) is 16.9 Å². The van der Waals surface area contributed by atoms with Crippen molar-refractivity contribution in [1.82, 2.24) is 10.2 Å². The fraction of sp³-hybridized carbons (Fsp3) is 0.500. The van der Waals surface area contributed by atoms with Crippen LogP contribution in [0, 0.1) is 17.8 Å². The van der Waals surface area contributed by atoms with Crippen molar-refractivity contribution in [2.75, 3.05) is 0 Å². The molecule has 0 fully saturated rings. The molecule has 0 bridgehead atoms. The number of aryl methyl sites for hydroxylation is 1. The highest BCUT2D eigenvalue weighted by Gasteiger charge is 2.37. The summed E-state index contributed by atoms with van der Waals surface area (Å²) in [4.78, 5) is 12.5. The average Bonchev–Trinajstić information content (AvgIpc) is 2.69. The van der Waals surface area contributed by atoms with E-state index in [0.29, 0.717) is 18.5 Å². The van der Waals surface area contributed by atoms with Crippen LogP contribution in [0.25, 0.3) is 0 Å². The number of hydrogen-bond donors (Lipinski definition) is 1. The fourth-order valence-electron chi connectivity index (χ4n) is 4.45. The van der Waals surface area contributed by atoms with E-state index in [2.05, 4.69) is 67.9 Å². The van der Waals surface area contributed by atoms with E-state index in [9.17, 15) is 4.79 Å². The van der Waals surface area contributed by atoms with E-state index in [1.165, 1.54) is 10.5 Å². The summed E-state index contributed by atoms with van der Waals surface area (Å²) in [5, 5.41) is 17.6. The van der Waals surface area contributed by atoms with Crippen molar-refractivity contribution in [2.45, 2.75) is 81.8 Å². The number of carboxylic acid groups (broad SMARTS) is 1. The summed E-state index contributed by atoms with van der Waals surface area (Å²) in [7, 11) is 0. The Kier molecular flexibility index (Phi) is 7.11. The number of thioether (sulfide) groups is 1. The number of carbonyl (C=O) groups is 1. The van der Waals surface area contributed by atoms with Gasteiger partial charge in [-0.3, -0.25) is 4.79 Å². The Bertz CT molecular complexity index is 1000. The predicted molar refractivity (Wildman–Crippen MR) is 126 cm³/mol. The summed E-state index contributed by atoms with van der Waals surface area (Å²) in [5.74, 6) is 5.38. The molecule has 0 amide bonds.